The molecule has 0 saturated carbocycles. The maximum Gasteiger partial charge on any atom is 0.303 e. The molecule has 0 bridgehead atoms. The summed E-state index contributed by atoms with van der Waals surface area (Å²) in [6.07, 6.45) is 11.4. The number of hydrogen-bond acceptors (Lipinski definition) is 2. The third kappa shape index (κ3) is 4.53. The molecule has 1 aliphatic rings. The molecule has 158 valence electrons. The lowest BCUT2D eigenvalue weighted by molar-refractivity contribution is -0.137. The minimum Gasteiger partial charge on any atom is -0.492 e. The molecular formula is C24H29N3O3. The normalized spacial score (nSPS) is 16.3. The van der Waals surface area contributed by atoms with Gasteiger partial charge in [0.2, 0.25) is 0 Å². The van der Waals surface area contributed by atoms with E-state index in [1.807, 2.05) is 31.3 Å². The zero-order chi connectivity index (χ0) is 20.9. The SMILES string of the molecule is CCOc1cc(-c2ccc[nH]2)[nH]c1C=c1cc2c([nH]1)=CCCC2CCCCC(=O)O. The van der Waals surface area contributed by atoms with Gasteiger partial charge in [-0.3, -0.25) is 4.79 Å². The standard InChI is InChI=1S/C24H29N3O3/c1-2-30-23-15-21(20-10-6-12-25-20)27-22(23)14-17-13-18-16(7-3-4-11-24(28)29)8-5-9-19(18)26-17/h6,9-10,12-16,25-27H,2-5,7-8,11H2,1H3,(H,28,29). The van der Waals surface area contributed by atoms with Gasteiger partial charge in [0.15, 0.2) is 0 Å². The van der Waals surface area contributed by atoms with Crippen LogP contribution in [0.25, 0.3) is 23.5 Å². The van der Waals surface area contributed by atoms with Crippen molar-refractivity contribution in [1.82, 2.24) is 15.0 Å². The van der Waals surface area contributed by atoms with Gasteiger partial charge >= 0.3 is 5.97 Å². The van der Waals surface area contributed by atoms with Crippen molar-refractivity contribution >= 4 is 18.1 Å². The quantitative estimate of drug-likeness (QED) is 0.406. The summed E-state index contributed by atoms with van der Waals surface area (Å²) in [5, 5.41) is 11.1. The first-order chi connectivity index (χ1) is 14.6. The fourth-order valence-corrected chi connectivity index (χ4v) is 4.28. The monoisotopic (exact) mass is 407 g/mol. The number of aromatic nitrogens is 3. The van der Waals surface area contributed by atoms with E-state index in [9.17, 15) is 4.79 Å². The Morgan fingerprint density at radius 1 is 1.27 bits per heavy atom. The van der Waals surface area contributed by atoms with Gasteiger partial charge in [-0.15, -0.1) is 0 Å². The van der Waals surface area contributed by atoms with Crippen LogP contribution in [-0.2, 0) is 4.79 Å². The minimum absolute atomic E-state index is 0.258. The lowest BCUT2D eigenvalue weighted by Gasteiger charge is -2.18. The molecule has 0 aromatic carbocycles. The summed E-state index contributed by atoms with van der Waals surface area (Å²) in [6, 6.07) is 8.27. The van der Waals surface area contributed by atoms with Gasteiger partial charge in [-0.05, 0) is 68.4 Å². The lowest BCUT2D eigenvalue weighted by Crippen LogP contribution is -2.18. The van der Waals surface area contributed by atoms with Gasteiger partial charge in [0.05, 0.1) is 23.7 Å². The molecule has 1 unspecified atom stereocenters. The van der Waals surface area contributed by atoms with Crippen LogP contribution in [0, 0.1) is 0 Å². The van der Waals surface area contributed by atoms with Crippen LogP contribution in [0.15, 0.2) is 30.5 Å². The number of unbranched alkanes of at least 4 members (excludes halogenated alkanes) is 1. The van der Waals surface area contributed by atoms with E-state index in [0.717, 1.165) is 60.3 Å². The van der Waals surface area contributed by atoms with Gasteiger partial charge in [0, 0.05) is 29.4 Å². The second-order valence-electron chi connectivity index (χ2n) is 7.83. The van der Waals surface area contributed by atoms with Crippen molar-refractivity contribution in [2.45, 2.75) is 51.4 Å². The average Bonchev–Trinajstić information content (AvgIpc) is 3.45. The fourth-order valence-electron chi connectivity index (χ4n) is 4.28. The third-order valence-corrected chi connectivity index (χ3v) is 5.70. The highest BCUT2D eigenvalue weighted by atomic mass is 16.5. The maximum atomic E-state index is 10.7. The van der Waals surface area contributed by atoms with E-state index in [1.165, 1.54) is 10.9 Å². The van der Waals surface area contributed by atoms with Crippen molar-refractivity contribution in [3.05, 3.63) is 52.4 Å². The van der Waals surface area contributed by atoms with Crippen LogP contribution < -0.4 is 15.4 Å². The largest absolute Gasteiger partial charge is 0.492 e. The Morgan fingerprint density at radius 2 is 2.17 bits per heavy atom. The number of ether oxygens (including phenoxy) is 1. The Hall–Kier alpha value is -3.15. The van der Waals surface area contributed by atoms with Crippen LogP contribution in [-0.4, -0.2) is 32.6 Å². The molecule has 4 rings (SSSR count). The summed E-state index contributed by atoms with van der Waals surface area (Å²) >= 11 is 0. The topological polar surface area (TPSA) is 93.9 Å². The smallest absolute Gasteiger partial charge is 0.303 e. The van der Waals surface area contributed by atoms with Crippen molar-refractivity contribution in [3.63, 3.8) is 0 Å². The number of H-pyrrole nitrogens is 3. The van der Waals surface area contributed by atoms with E-state index in [2.05, 4.69) is 33.2 Å². The number of carboxylic acid groups (broad SMARTS) is 1. The Bertz CT molecular complexity index is 1110. The summed E-state index contributed by atoms with van der Waals surface area (Å²) in [7, 11) is 0. The number of nitrogens with one attached hydrogen (secondary N) is 3. The summed E-state index contributed by atoms with van der Waals surface area (Å²) in [5.74, 6) is 0.617. The van der Waals surface area contributed by atoms with Crippen molar-refractivity contribution < 1.29 is 14.6 Å². The van der Waals surface area contributed by atoms with Crippen molar-refractivity contribution in [2.75, 3.05) is 6.61 Å². The van der Waals surface area contributed by atoms with Crippen LogP contribution in [0.5, 0.6) is 5.75 Å². The van der Waals surface area contributed by atoms with Gasteiger partial charge in [0.1, 0.15) is 5.75 Å². The molecule has 3 aromatic rings. The zero-order valence-corrected chi connectivity index (χ0v) is 17.3. The van der Waals surface area contributed by atoms with E-state index < -0.39 is 5.97 Å². The summed E-state index contributed by atoms with van der Waals surface area (Å²) < 4.78 is 5.85. The van der Waals surface area contributed by atoms with Gasteiger partial charge in [0.25, 0.3) is 0 Å². The van der Waals surface area contributed by atoms with E-state index in [4.69, 9.17) is 9.84 Å². The van der Waals surface area contributed by atoms with E-state index >= 15 is 0 Å². The molecule has 4 N–H and O–H groups in total. The third-order valence-electron chi connectivity index (χ3n) is 5.70. The first-order valence-electron chi connectivity index (χ1n) is 10.8. The molecule has 1 atom stereocenters. The molecule has 1 aliphatic carbocycles. The minimum atomic E-state index is -0.707. The molecule has 3 aromatic heterocycles. The number of carboxylic acids is 1. The highest BCUT2D eigenvalue weighted by molar-refractivity contribution is 5.66. The predicted octanol–water partition coefficient (Wildman–Crippen LogP) is 3.87. The molecule has 3 heterocycles. The highest BCUT2D eigenvalue weighted by Gasteiger charge is 2.17. The van der Waals surface area contributed by atoms with Crippen molar-refractivity contribution in [1.29, 1.82) is 0 Å². The average molecular weight is 408 g/mol. The number of fused-ring (bicyclic) bond motifs is 1. The Labute approximate surface area is 175 Å². The number of hydrogen-bond donors (Lipinski definition) is 4. The second kappa shape index (κ2) is 9.11. The molecular weight excluding hydrogens is 378 g/mol. The van der Waals surface area contributed by atoms with E-state index in [1.54, 1.807) is 0 Å². The predicted molar refractivity (Wildman–Crippen MR) is 118 cm³/mol. The molecule has 0 amide bonds. The first kappa shape index (κ1) is 20.1. The molecule has 0 aliphatic heterocycles. The maximum absolute atomic E-state index is 10.7. The van der Waals surface area contributed by atoms with E-state index in [-0.39, 0.29) is 6.42 Å². The highest BCUT2D eigenvalue weighted by Crippen LogP contribution is 2.29. The second-order valence-corrected chi connectivity index (χ2v) is 7.83. The van der Waals surface area contributed by atoms with Crippen molar-refractivity contribution in [2.24, 2.45) is 0 Å². The van der Waals surface area contributed by atoms with Crippen LogP contribution in [0.4, 0.5) is 0 Å². The number of aromatic amines is 3. The lowest BCUT2D eigenvalue weighted by atomic mass is 9.87. The van der Waals surface area contributed by atoms with Gasteiger partial charge in [-0.2, -0.15) is 0 Å². The summed E-state index contributed by atoms with van der Waals surface area (Å²) in [5.41, 5.74) is 4.31. The number of carbonyl (C=O) groups is 1. The molecule has 30 heavy (non-hydrogen) atoms. The van der Waals surface area contributed by atoms with E-state index in [0.29, 0.717) is 12.5 Å². The molecule has 0 fully saturated rings. The van der Waals surface area contributed by atoms with Gasteiger partial charge in [-0.1, -0.05) is 12.5 Å². The number of aliphatic carboxylic acids is 1. The summed E-state index contributed by atoms with van der Waals surface area (Å²) in [6.45, 7) is 2.60. The molecule has 6 nitrogen and oxygen atoms in total. The summed E-state index contributed by atoms with van der Waals surface area (Å²) in [4.78, 5) is 21.0. The Kier molecular flexibility index (Phi) is 6.12. The first-order valence-corrected chi connectivity index (χ1v) is 10.8. The molecule has 6 heteroatoms. The molecule has 0 radical (unpaired) electrons. The molecule has 0 spiro atoms. The Balaban J connectivity index is 1.59. The van der Waals surface area contributed by atoms with Crippen molar-refractivity contribution in [3.8, 4) is 17.1 Å². The molecule has 0 saturated heterocycles. The number of rotatable bonds is 9. The zero-order valence-electron chi connectivity index (χ0n) is 17.3. The van der Waals surface area contributed by atoms with Crippen LogP contribution in [0.1, 0.15) is 62.6 Å². The van der Waals surface area contributed by atoms with Crippen LogP contribution in [0.2, 0.25) is 0 Å². The van der Waals surface area contributed by atoms with Crippen LogP contribution in [0.3, 0.4) is 0 Å². The van der Waals surface area contributed by atoms with Crippen LogP contribution >= 0.6 is 0 Å². The fraction of sp³-hybridized carbons (Fsp3) is 0.375. The van der Waals surface area contributed by atoms with Gasteiger partial charge < -0.3 is 24.8 Å². The van der Waals surface area contributed by atoms with Gasteiger partial charge in [-0.25, -0.2) is 0 Å². The Morgan fingerprint density at radius 3 is 2.93 bits per heavy atom.